The van der Waals surface area contributed by atoms with Crippen molar-refractivity contribution in [3.63, 3.8) is 0 Å². The van der Waals surface area contributed by atoms with Gasteiger partial charge in [0, 0.05) is 5.25 Å². The van der Waals surface area contributed by atoms with Crippen LogP contribution in [0.1, 0.15) is 19.7 Å². The van der Waals surface area contributed by atoms with Crippen LogP contribution in [-0.4, -0.2) is 25.2 Å². The van der Waals surface area contributed by atoms with Crippen molar-refractivity contribution in [2.45, 2.75) is 31.0 Å². The molecule has 0 radical (unpaired) electrons. The Morgan fingerprint density at radius 3 is 2.35 bits per heavy atom. The molecule has 0 amide bonds. The lowest BCUT2D eigenvalue weighted by Crippen LogP contribution is -2.05. The molecule has 90 valence electrons. The third-order valence-electron chi connectivity index (χ3n) is 2.01. The van der Waals surface area contributed by atoms with Gasteiger partial charge in [-0.3, -0.25) is 0 Å². The van der Waals surface area contributed by atoms with Gasteiger partial charge in [0.15, 0.2) is 22.8 Å². The molecular weight excluding hydrogens is 236 g/mol. The molecule has 17 heavy (non-hydrogen) atoms. The number of aryl methyl sites for hydroxylation is 1. The molecule has 6 nitrogen and oxygen atoms in total. The van der Waals surface area contributed by atoms with Crippen molar-refractivity contribution >= 4 is 34.6 Å². The first-order chi connectivity index (χ1) is 7.97. The Labute approximate surface area is 103 Å². The topological polar surface area (TPSA) is 104 Å². The van der Waals surface area contributed by atoms with Gasteiger partial charge in [-0.1, -0.05) is 25.6 Å². The summed E-state index contributed by atoms with van der Waals surface area (Å²) in [5, 5.41) is 1.04. The van der Waals surface area contributed by atoms with Crippen molar-refractivity contribution in [3.05, 3.63) is 5.82 Å². The van der Waals surface area contributed by atoms with Gasteiger partial charge in [0.2, 0.25) is 0 Å². The summed E-state index contributed by atoms with van der Waals surface area (Å²) < 4.78 is 0. The second-order valence-corrected chi connectivity index (χ2v) is 5.47. The molecule has 7 heteroatoms. The molecule has 0 bridgehead atoms. The number of nitrogen functional groups attached to an aromatic ring is 2. The molecule has 0 saturated carbocycles. The van der Waals surface area contributed by atoms with Gasteiger partial charge < -0.3 is 11.5 Å². The lowest BCUT2D eigenvalue weighted by molar-refractivity contribution is 1.03. The van der Waals surface area contributed by atoms with E-state index >= 15 is 0 Å². The monoisotopic (exact) mass is 250 g/mol. The van der Waals surface area contributed by atoms with E-state index in [4.69, 9.17) is 11.5 Å². The number of nitrogens with zero attached hydrogens (tertiary/aromatic N) is 4. The molecular formula is C10H14N6S. The molecule has 0 spiro atoms. The minimum absolute atomic E-state index is 0.339. The maximum absolute atomic E-state index is 5.84. The molecule has 0 aliphatic rings. The van der Waals surface area contributed by atoms with Crippen LogP contribution in [0, 0.1) is 6.92 Å². The number of fused-ring (bicyclic) bond motifs is 1. The quantitative estimate of drug-likeness (QED) is 0.776. The SMILES string of the molecule is Cc1nc(N)c2nc(SC(C)C)c(N)nc2n1. The molecule has 2 aromatic heterocycles. The lowest BCUT2D eigenvalue weighted by atomic mass is 10.4. The van der Waals surface area contributed by atoms with Crippen molar-refractivity contribution in [2.24, 2.45) is 0 Å². The number of anilines is 2. The predicted molar refractivity (Wildman–Crippen MR) is 69.7 cm³/mol. The second kappa shape index (κ2) is 4.33. The summed E-state index contributed by atoms with van der Waals surface area (Å²) in [6.07, 6.45) is 0. The zero-order valence-electron chi connectivity index (χ0n) is 9.93. The summed E-state index contributed by atoms with van der Waals surface area (Å²) in [5.41, 5.74) is 12.6. The Balaban J connectivity index is 2.63. The highest BCUT2D eigenvalue weighted by Crippen LogP contribution is 2.27. The molecule has 0 aliphatic heterocycles. The molecule has 2 aromatic rings. The summed E-state index contributed by atoms with van der Waals surface area (Å²) >= 11 is 1.54. The van der Waals surface area contributed by atoms with Crippen LogP contribution >= 0.6 is 11.8 Å². The third-order valence-corrected chi connectivity index (χ3v) is 3.01. The van der Waals surface area contributed by atoms with E-state index in [9.17, 15) is 0 Å². The van der Waals surface area contributed by atoms with Gasteiger partial charge in [0.05, 0.1) is 0 Å². The Morgan fingerprint density at radius 1 is 1.00 bits per heavy atom. The van der Waals surface area contributed by atoms with E-state index in [1.807, 2.05) is 0 Å². The highest BCUT2D eigenvalue weighted by molar-refractivity contribution is 7.99. The van der Waals surface area contributed by atoms with Crippen molar-refractivity contribution in [1.82, 2.24) is 19.9 Å². The zero-order chi connectivity index (χ0) is 12.6. The highest BCUT2D eigenvalue weighted by atomic mass is 32.2. The molecule has 4 N–H and O–H groups in total. The molecule has 0 atom stereocenters. The Bertz CT molecular complexity index is 568. The van der Waals surface area contributed by atoms with Gasteiger partial charge in [-0.2, -0.15) is 0 Å². The number of hydrogen-bond acceptors (Lipinski definition) is 7. The summed E-state index contributed by atoms with van der Waals surface area (Å²) in [4.78, 5) is 16.8. The van der Waals surface area contributed by atoms with Gasteiger partial charge in [-0.15, -0.1) is 0 Å². The van der Waals surface area contributed by atoms with Crippen molar-refractivity contribution in [3.8, 4) is 0 Å². The van der Waals surface area contributed by atoms with Crippen molar-refractivity contribution in [2.75, 3.05) is 11.5 Å². The minimum Gasteiger partial charge on any atom is -0.382 e. The van der Waals surface area contributed by atoms with E-state index in [-0.39, 0.29) is 0 Å². The number of hydrogen-bond donors (Lipinski definition) is 2. The number of aromatic nitrogens is 4. The van der Waals surface area contributed by atoms with E-state index in [1.165, 1.54) is 0 Å². The normalized spacial score (nSPS) is 11.3. The standard InChI is InChI=1S/C10H14N6S/c1-4(2)17-10-8(12)16-9-6(15-10)7(11)13-5(3)14-9/h4H,1-3H3,(H4,11,12,13,14,16). The third kappa shape index (κ3) is 2.38. The average Bonchev–Trinajstić information content (AvgIpc) is 2.19. The fourth-order valence-electron chi connectivity index (χ4n) is 1.39. The van der Waals surface area contributed by atoms with Gasteiger partial charge in [-0.05, 0) is 6.92 Å². The molecule has 2 rings (SSSR count). The lowest BCUT2D eigenvalue weighted by Gasteiger charge is -2.08. The van der Waals surface area contributed by atoms with E-state index in [2.05, 4.69) is 33.8 Å². The largest absolute Gasteiger partial charge is 0.382 e. The summed E-state index contributed by atoms with van der Waals surface area (Å²) in [5.74, 6) is 1.28. The van der Waals surface area contributed by atoms with Crippen molar-refractivity contribution in [1.29, 1.82) is 0 Å². The van der Waals surface area contributed by atoms with E-state index in [0.29, 0.717) is 38.9 Å². The molecule has 0 fully saturated rings. The Hall–Kier alpha value is -1.63. The van der Waals surface area contributed by atoms with Crippen LogP contribution in [0.5, 0.6) is 0 Å². The maximum atomic E-state index is 5.84. The van der Waals surface area contributed by atoms with E-state index in [1.54, 1.807) is 18.7 Å². The summed E-state index contributed by atoms with van der Waals surface area (Å²) in [6, 6.07) is 0. The Kier molecular flexibility index (Phi) is 3.01. The van der Waals surface area contributed by atoms with Crippen LogP contribution < -0.4 is 11.5 Å². The molecule has 0 aromatic carbocycles. The molecule has 0 unspecified atom stereocenters. The predicted octanol–water partition coefficient (Wildman–Crippen LogP) is 1.39. The maximum Gasteiger partial charge on any atom is 0.185 e. The highest BCUT2D eigenvalue weighted by Gasteiger charge is 2.12. The second-order valence-electron chi connectivity index (χ2n) is 3.91. The van der Waals surface area contributed by atoms with Crippen LogP contribution in [-0.2, 0) is 0 Å². The van der Waals surface area contributed by atoms with Crippen LogP contribution in [0.15, 0.2) is 5.03 Å². The summed E-state index contributed by atoms with van der Waals surface area (Å²) in [6.45, 7) is 5.88. The van der Waals surface area contributed by atoms with Gasteiger partial charge in [0.1, 0.15) is 10.9 Å². The van der Waals surface area contributed by atoms with Gasteiger partial charge in [0.25, 0.3) is 0 Å². The first-order valence-electron chi connectivity index (χ1n) is 5.21. The fraction of sp³-hybridized carbons (Fsp3) is 0.400. The molecule has 0 aliphatic carbocycles. The fourth-order valence-corrected chi connectivity index (χ4v) is 2.15. The van der Waals surface area contributed by atoms with E-state index in [0.717, 1.165) is 0 Å². The molecule has 0 saturated heterocycles. The first kappa shape index (κ1) is 11.8. The zero-order valence-corrected chi connectivity index (χ0v) is 10.7. The van der Waals surface area contributed by atoms with Crippen LogP contribution in [0.4, 0.5) is 11.6 Å². The van der Waals surface area contributed by atoms with Crippen molar-refractivity contribution < 1.29 is 0 Å². The average molecular weight is 250 g/mol. The number of rotatable bonds is 2. The number of thioether (sulfide) groups is 1. The van der Waals surface area contributed by atoms with Crippen LogP contribution in [0.25, 0.3) is 11.2 Å². The smallest absolute Gasteiger partial charge is 0.185 e. The molecule has 2 heterocycles. The first-order valence-corrected chi connectivity index (χ1v) is 6.09. The van der Waals surface area contributed by atoms with E-state index < -0.39 is 0 Å². The van der Waals surface area contributed by atoms with Gasteiger partial charge >= 0.3 is 0 Å². The van der Waals surface area contributed by atoms with Gasteiger partial charge in [-0.25, -0.2) is 19.9 Å². The Morgan fingerprint density at radius 2 is 1.71 bits per heavy atom. The van der Waals surface area contributed by atoms with Crippen LogP contribution in [0.3, 0.4) is 0 Å². The minimum atomic E-state index is 0.339. The number of nitrogens with two attached hydrogens (primary N) is 2. The summed E-state index contributed by atoms with van der Waals surface area (Å²) in [7, 11) is 0. The van der Waals surface area contributed by atoms with Crippen LogP contribution in [0.2, 0.25) is 0 Å².